The summed E-state index contributed by atoms with van der Waals surface area (Å²) in [4.78, 5) is 16.7. The number of allylic oxidation sites excluding steroid dienone is 2. The summed E-state index contributed by atoms with van der Waals surface area (Å²) >= 11 is 0. The minimum absolute atomic E-state index is 0.257. The Morgan fingerprint density at radius 1 is 1.20 bits per heavy atom. The number of nitrogens with zero attached hydrogens (tertiary/aromatic N) is 2. The van der Waals surface area contributed by atoms with E-state index in [0.29, 0.717) is 18.2 Å². The number of hydrogen-bond donors (Lipinski definition) is 0. The Morgan fingerprint density at radius 2 is 2.03 bits per heavy atom. The van der Waals surface area contributed by atoms with E-state index in [9.17, 15) is 4.79 Å². The van der Waals surface area contributed by atoms with E-state index < -0.39 is 0 Å². The van der Waals surface area contributed by atoms with Crippen LogP contribution in [0.1, 0.15) is 49.5 Å². The zero-order valence-electron chi connectivity index (χ0n) is 17.7. The maximum absolute atomic E-state index is 12.4. The molecule has 0 unspecified atom stereocenters. The molecule has 2 aromatic heterocycles. The van der Waals surface area contributed by atoms with Crippen molar-refractivity contribution in [3.05, 3.63) is 65.6 Å². The Labute approximate surface area is 176 Å². The Hall–Kier alpha value is -3.14. The van der Waals surface area contributed by atoms with Gasteiger partial charge < -0.3 is 8.98 Å². The van der Waals surface area contributed by atoms with Gasteiger partial charge in [0.25, 0.3) is 0 Å². The smallest absolute Gasteiger partial charge is 0.225 e. The summed E-state index contributed by atoms with van der Waals surface area (Å²) in [6.07, 6.45) is 8.04. The van der Waals surface area contributed by atoms with E-state index in [0.717, 1.165) is 30.5 Å². The van der Waals surface area contributed by atoms with Gasteiger partial charge in [0, 0.05) is 45.9 Å². The van der Waals surface area contributed by atoms with Gasteiger partial charge in [-0.3, -0.25) is 4.79 Å². The van der Waals surface area contributed by atoms with E-state index in [4.69, 9.17) is 4.42 Å². The van der Waals surface area contributed by atoms with E-state index in [1.807, 2.05) is 6.07 Å². The third-order valence-corrected chi connectivity index (χ3v) is 6.07. The monoisotopic (exact) mass is 398 g/mol. The summed E-state index contributed by atoms with van der Waals surface area (Å²) < 4.78 is 7.94. The lowest BCUT2D eigenvalue weighted by Crippen LogP contribution is -1.99. The number of aryl methyl sites for hydroxylation is 2. The van der Waals surface area contributed by atoms with Crippen LogP contribution in [0, 0.1) is 5.92 Å². The van der Waals surface area contributed by atoms with Gasteiger partial charge in [-0.15, -0.1) is 0 Å². The lowest BCUT2D eigenvalue weighted by molar-refractivity contribution is 0.0994. The summed E-state index contributed by atoms with van der Waals surface area (Å²) in [5, 5.41) is 2.39. The average molecular weight is 399 g/mol. The molecule has 152 valence electrons. The fourth-order valence-electron chi connectivity index (χ4n) is 4.84. The van der Waals surface area contributed by atoms with Gasteiger partial charge in [0.2, 0.25) is 5.89 Å². The van der Waals surface area contributed by atoms with Gasteiger partial charge in [-0.05, 0) is 61.6 Å². The summed E-state index contributed by atoms with van der Waals surface area (Å²) in [5.41, 5.74) is 6.86. The summed E-state index contributed by atoms with van der Waals surface area (Å²) in [5.74, 6) is 1.44. The van der Waals surface area contributed by atoms with Crippen molar-refractivity contribution in [2.24, 2.45) is 5.92 Å². The molecule has 4 nitrogen and oxygen atoms in total. The second-order valence-electron chi connectivity index (χ2n) is 8.64. The maximum atomic E-state index is 12.4. The van der Waals surface area contributed by atoms with Crippen LogP contribution in [0.3, 0.4) is 0 Å². The first-order chi connectivity index (χ1) is 14.5. The lowest BCUT2D eigenvalue weighted by atomic mass is 10.0. The molecule has 4 heteroatoms. The molecule has 0 N–H and O–H groups in total. The normalized spacial score (nSPS) is 14.4. The quantitative estimate of drug-likeness (QED) is 0.357. The summed E-state index contributed by atoms with van der Waals surface area (Å²) in [6, 6.07) is 10.6. The van der Waals surface area contributed by atoms with E-state index in [1.54, 1.807) is 12.5 Å². The number of rotatable bonds is 5. The standard InChI is InChI=1S/C26H26N2O2/c1-16(2)14-17(3)10-12-28-22-7-4-18(26-27-11-13-30-26)15-21(22)25-20-6-9-24(29)19(20)5-8-23(25)28/h4-5,7-8,11,13-16H,6,9-10,12H2,1-3H3. The van der Waals surface area contributed by atoms with Gasteiger partial charge in [0.1, 0.15) is 6.26 Å². The largest absolute Gasteiger partial charge is 0.445 e. The Balaban J connectivity index is 1.72. The molecule has 1 aliphatic rings. The predicted octanol–water partition coefficient (Wildman–Crippen LogP) is 6.57. The number of Topliss-reactive ketones (excluding diaryl/α,β-unsaturated/α-hetero) is 1. The molecule has 5 rings (SSSR count). The molecule has 0 saturated heterocycles. The van der Waals surface area contributed by atoms with E-state index in [2.05, 4.69) is 60.7 Å². The van der Waals surface area contributed by atoms with Crippen LogP contribution >= 0.6 is 0 Å². The fourth-order valence-corrected chi connectivity index (χ4v) is 4.84. The number of carbonyl (C=O) groups excluding carboxylic acids is 1. The first-order valence-electron chi connectivity index (χ1n) is 10.7. The summed E-state index contributed by atoms with van der Waals surface area (Å²) in [7, 11) is 0. The van der Waals surface area contributed by atoms with Crippen molar-refractivity contribution in [1.82, 2.24) is 9.55 Å². The molecule has 4 aromatic rings. The average Bonchev–Trinajstić information content (AvgIpc) is 3.43. The molecule has 0 spiro atoms. The first-order valence-corrected chi connectivity index (χ1v) is 10.7. The number of hydrogen-bond acceptors (Lipinski definition) is 3. The SMILES string of the molecule is CC(=CC(C)C)CCn1c2ccc(-c3ncco3)cc2c2c3c(ccc21)C(=O)CC3. The zero-order valence-corrected chi connectivity index (χ0v) is 17.7. The molecule has 0 fully saturated rings. The van der Waals surface area contributed by atoms with Crippen LogP contribution < -0.4 is 0 Å². The highest BCUT2D eigenvalue weighted by Gasteiger charge is 2.25. The predicted molar refractivity (Wildman–Crippen MR) is 121 cm³/mol. The minimum Gasteiger partial charge on any atom is -0.445 e. The van der Waals surface area contributed by atoms with E-state index in [-0.39, 0.29) is 5.78 Å². The molecule has 0 amide bonds. The van der Waals surface area contributed by atoms with Crippen LogP contribution in [-0.4, -0.2) is 15.3 Å². The van der Waals surface area contributed by atoms with Crippen LogP contribution in [0.25, 0.3) is 33.3 Å². The molecular weight excluding hydrogens is 372 g/mol. The van der Waals surface area contributed by atoms with Crippen molar-refractivity contribution < 1.29 is 9.21 Å². The number of fused-ring (bicyclic) bond motifs is 5. The maximum Gasteiger partial charge on any atom is 0.225 e. The van der Waals surface area contributed by atoms with Crippen LogP contribution in [0.2, 0.25) is 0 Å². The Kier molecular flexibility index (Phi) is 4.58. The second kappa shape index (κ2) is 7.28. The van der Waals surface area contributed by atoms with Crippen LogP contribution in [0.15, 0.2) is 58.9 Å². The molecular formula is C26H26N2O2. The zero-order chi connectivity index (χ0) is 20.8. The lowest BCUT2D eigenvalue weighted by Gasteiger charge is -2.09. The highest BCUT2D eigenvalue weighted by atomic mass is 16.3. The van der Waals surface area contributed by atoms with Crippen molar-refractivity contribution in [1.29, 1.82) is 0 Å². The van der Waals surface area contributed by atoms with Gasteiger partial charge in [-0.2, -0.15) is 0 Å². The van der Waals surface area contributed by atoms with Crippen LogP contribution in [-0.2, 0) is 13.0 Å². The minimum atomic E-state index is 0.257. The van der Waals surface area contributed by atoms with Gasteiger partial charge >= 0.3 is 0 Å². The third kappa shape index (κ3) is 3.07. The molecule has 0 saturated carbocycles. The van der Waals surface area contributed by atoms with Crippen LogP contribution in [0.4, 0.5) is 0 Å². The molecule has 2 heterocycles. The molecule has 0 aliphatic heterocycles. The molecule has 30 heavy (non-hydrogen) atoms. The molecule has 1 aliphatic carbocycles. The van der Waals surface area contributed by atoms with E-state index in [1.165, 1.54) is 32.9 Å². The van der Waals surface area contributed by atoms with Crippen molar-refractivity contribution in [3.8, 4) is 11.5 Å². The van der Waals surface area contributed by atoms with Gasteiger partial charge in [-0.25, -0.2) is 4.98 Å². The number of ketones is 1. The van der Waals surface area contributed by atoms with Crippen molar-refractivity contribution in [3.63, 3.8) is 0 Å². The first kappa shape index (κ1) is 18.9. The number of benzene rings is 2. The van der Waals surface area contributed by atoms with Gasteiger partial charge in [0.05, 0.1) is 6.20 Å². The molecule has 2 aromatic carbocycles. The highest BCUT2D eigenvalue weighted by Crippen LogP contribution is 2.38. The topological polar surface area (TPSA) is 48.0 Å². The Bertz CT molecular complexity index is 1290. The van der Waals surface area contributed by atoms with Gasteiger partial charge in [-0.1, -0.05) is 25.5 Å². The van der Waals surface area contributed by atoms with Crippen molar-refractivity contribution >= 4 is 27.6 Å². The summed E-state index contributed by atoms with van der Waals surface area (Å²) in [6.45, 7) is 7.56. The van der Waals surface area contributed by atoms with Crippen LogP contribution in [0.5, 0.6) is 0 Å². The van der Waals surface area contributed by atoms with Crippen molar-refractivity contribution in [2.75, 3.05) is 0 Å². The van der Waals surface area contributed by atoms with E-state index >= 15 is 0 Å². The number of carbonyl (C=O) groups is 1. The molecule has 0 bridgehead atoms. The Morgan fingerprint density at radius 3 is 2.80 bits per heavy atom. The number of oxazole rings is 1. The second-order valence-corrected chi connectivity index (χ2v) is 8.64. The molecule has 0 radical (unpaired) electrons. The number of aromatic nitrogens is 2. The molecule has 0 atom stereocenters. The van der Waals surface area contributed by atoms with Gasteiger partial charge in [0.15, 0.2) is 5.78 Å². The highest BCUT2D eigenvalue weighted by molar-refractivity contribution is 6.15. The fraction of sp³-hybridized carbons (Fsp3) is 0.308. The third-order valence-electron chi connectivity index (χ3n) is 6.07. The van der Waals surface area contributed by atoms with Crippen molar-refractivity contribution in [2.45, 2.75) is 46.6 Å².